The third-order valence-electron chi connectivity index (χ3n) is 3.82. The van der Waals surface area contributed by atoms with Gasteiger partial charge in [0.05, 0.1) is 11.1 Å². The van der Waals surface area contributed by atoms with Crippen molar-refractivity contribution in [1.82, 2.24) is 4.98 Å². The Morgan fingerprint density at radius 2 is 1.69 bits per heavy atom. The summed E-state index contributed by atoms with van der Waals surface area (Å²) >= 11 is 0. The van der Waals surface area contributed by atoms with Crippen LogP contribution in [0.2, 0.25) is 0 Å². The van der Waals surface area contributed by atoms with Gasteiger partial charge in [0.15, 0.2) is 0 Å². The summed E-state index contributed by atoms with van der Waals surface area (Å²) in [6, 6.07) is 8.63. The van der Waals surface area contributed by atoms with Crippen molar-refractivity contribution in [2.45, 2.75) is 6.18 Å². The van der Waals surface area contributed by atoms with E-state index in [0.717, 1.165) is 12.1 Å². The number of hydrogen-bond acceptors (Lipinski definition) is 2. The summed E-state index contributed by atoms with van der Waals surface area (Å²) < 4.78 is 38.7. The molecule has 0 saturated heterocycles. The van der Waals surface area contributed by atoms with E-state index in [2.05, 4.69) is 10.3 Å². The van der Waals surface area contributed by atoms with Crippen LogP contribution in [0.1, 0.15) is 15.9 Å². The average Bonchev–Trinajstić information content (AvgIpc) is 2.90. The summed E-state index contributed by atoms with van der Waals surface area (Å²) in [4.78, 5) is 25.5. The van der Waals surface area contributed by atoms with Crippen molar-refractivity contribution in [3.8, 4) is 11.1 Å². The first-order valence-electron chi connectivity index (χ1n) is 7.36. The number of hydrogen-bond donors (Lipinski definition) is 4. The standard InChI is InChI=1S/C17H13F3N4O2/c18-17(19,20)10-3-1-2-8(6-10)9-4-5-11-12(7-9)23-15(24-16(22)26)13(11)14(21)25/h1-7,23H,(H2,21,25)(H3,22,24,26). The Hall–Kier alpha value is -3.49. The van der Waals surface area contributed by atoms with Crippen LogP contribution in [0.5, 0.6) is 0 Å². The Balaban J connectivity index is 2.13. The van der Waals surface area contributed by atoms with Crippen molar-refractivity contribution in [2.75, 3.05) is 5.32 Å². The van der Waals surface area contributed by atoms with Gasteiger partial charge in [-0.3, -0.25) is 10.1 Å². The molecule has 1 aromatic heterocycles. The van der Waals surface area contributed by atoms with Crippen LogP contribution in [0.15, 0.2) is 42.5 Å². The van der Waals surface area contributed by atoms with Crippen LogP contribution in [0.3, 0.4) is 0 Å². The molecule has 0 spiro atoms. The van der Waals surface area contributed by atoms with E-state index in [1.54, 1.807) is 12.1 Å². The fourth-order valence-electron chi connectivity index (χ4n) is 2.73. The van der Waals surface area contributed by atoms with Crippen LogP contribution in [-0.4, -0.2) is 16.9 Å². The second kappa shape index (κ2) is 6.10. The van der Waals surface area contributed by atoms with Crippen LogP contribution in [-0.2, 0) is 6.18 Å². The maximum Gasteiger partial charge on any atom is 0.416 e. The Labute approximate surface area is 145 Å². The second-order valence-corrected chi connectivity index (χ2v) is 5.57. The first kappa shape index (κ1) is 17.3. The van der Waals surface area contributed by atoms with Gasteiger partial charge in [-0.2, -0.15) is 13.2 Å². The number of urea groups is 1. The lowest BCUT2D eigenvalue weighted by Crippen LogP contribution is -2.22. The van der Waals surface area contributed by atoms with Crippen molar-refractivity contribution in [3.05, 3.63) is 53.6 Å². The van der Waals surface area contributed by atoms with Gasteiger partial charge >= 0.3 is 12.2 Å². The molecule has 3 rings (SSSR count). The first-order valence-corrected chi connectivity index (χ1v) is 7.36. The van der Waals surface area contributed by atoms with Gasteiger partial charge in [-0.15, -0.1) is 0 Å². The lowest BCUT2D eigenvalue weighted by atomic mass is 10.0. The predicted molar refractivity (Wildman–Crippen MR) is 90.5 cm³/mol. The molecule has 0 aliphatic heterocycles. The third kappa shape index (κ3) is 3.18. The zero-order valence-corrected chi connectivity index (χ0v) is 13.1. The van der Waals surface area contributed by atoms with Crippen LogP contribution in [0.4, 0.5) is 23.8 Å². The number of fused-ring (bicyclic) bond motifs is 1. The highest BCUT2D eigenvalue weighted by molar-refractivity contribution is 6.13. The van der Waals surface area contributed by atoms with Crippen LogP contribution in [0.25, 0.3) is 22.0 Å². The van der Waals surface area contributed by atoms with Crippen molar-refractivity contribution >= 4 is 28.7 Å². The number of carbonyl (C=O) groups excluding carboxylic acids is 2. The molecule has 2 aromatic carbocycles. The Kier molecular flexibility index (Phi) is 4.07. The molecule has 9 heteroatoms. The predicted octanol–water partition coefficient (Wildman–Crippen LogP) is 3.44. The van der Waals surface area contributed by atoms with E-state index in [1.807, 2.05) is 0 Å². The van der Waals surface area contributed by atoms with Gasteiger partial charge in [-0.25, -0.2) is 4.79 Å². The summed E-state index contributed by atoms with van der Waals surface area (Å²) in [5.74, 6) is -0.756. The second-order valence-electron chi connectivity index (χ2n) is 5.57. The number of aromatic amines is 1. The molecular formula is C17H13F3N4O2. The smallest absolute Gasteiger partial charge is 0.365 e. The number of carbonyl (C=O) groups is 2. The zero-order valence-electron chi connectivity index (χ0n) is 13.1. The minimum Gasteiger partial charge on any atom is -0.365 e. The molecule has 3 aromatic rings. The fraction of sp³-hybridized carbons (Fsp3) is 0.0588. The molecule has 0 radical (unpaired) electrons. The topological polar surface area (TPSA) is 114 Å². The largest absolute Gasteiger partial charge is 0.416 e. The lowest BCUT2D eigenvalue weighted by Gasteiger charge is -2.09. The maximum atomic E-state index is 12.9. The number of halogens is 3. The molecule has 0 saturated carbocycles. The van der Waals surface area contributed by atoms with Crippen molar-refractivity contribution in [2.24, 2.45) is 11.5 Å². The Morgan fingerprint density at radius 3 is 2.31 bits per heavy atom. The number of nitrogens with two attached hydrogens (primary N) is 2. The number of amides is 3. The molecular weight excluding hydrogens is 349 g/mol. The van der Waals surface area contributed by atoms with Gasteiger partial charge in [-0.1, -0.05) is 24.3 Å². The number of rotatable bonds is 3. The minimum atomic E-state index is -4.45. The monoisotopic (exact) mass is 362 g/mol. The van der Waals surface area contributed by atoms with Crippen molar-refractivity contribution < 1.29 is 22.8 Å². The zero-order chi connectivity index (χ0) is 19.1. The first-order chi connectivity index (χ1) is 12.2. The summed E-state index contributed by atoms with van der Waals surface area (Å²) in [7, 11) is 0. The van der Waals surface area contributed by atoms with E-state index >= 15 is 0 Å². The number of alkyl halides is 3. The Bertz CT molecular complexity index is 1020. The third-order valence-corrected chi connectivity index (χ3v) is 3.82. The molecule has 1 heterocycles. The molecule has 0 atom stereocenters. The normalized spacial score (nSPS) is 11.5. The Morgan fingerprint density at radius 1 is 1.00 bits per heavy atom. The van der Waals surface area contributed by atoms with Gasteiger partial charge in [0.1, 0.15) is 5.82 Å². The average molecular weight is 362 g/mol. The SMILES string of the molecule is NC(=O)Nc1[nH]c2cc(-c3cccc(C(F)(F)F)c3)ccc2c1C(N)=O. The molecule has 0 aliphatic rings. The van der Waals surface area contributed by atoms with Crippen molar-refractivity contribution in [3.63, 3.8) is 0 Å². The molecule has 0 bridgehead atoms. The summed E-state index contributed by atoms with van der Waals surface area (Å²) in [5, 5.41) is 2.68. The van der Waals surface area contributed by atoms with Gasteiger partial charge < -0.3 is 16.5 Å². The number of H-pyrrole nitrogens is 1. The van der Waals surface area contributed by atoms with Crippen LogP contribution in [0, 0.1) is 0 Å². The van der Waals surface area contributed by atoms with E-state index in [0.29, 0.717) is 22.0 Å². The van der Waals surface area contributed by atoms with Crippen LogP contribution < -0.4 is 16.8 Å². The molecule has 26 heavy (non-hydrogen) atoms. The van der Waals surface area contributed by atoms with E-state index in [1.165, 1.54) is 18.2 Å². The fourth-order valence-corrected chi connectivity index (χ4v) is 2.73. The van der Waals surface area contributed by atoms with Gasteiger partial charge in [0, 0.05) is 10.9 Å². The molecule has 3 amide bonds. The maximum absolute atomic E-state index is 12.9. The highest BCUT2D eigenvalue weighted by Crippen LogP contribution is 2.34. The number of primary amides is 2. The van der Waals surface area contributed by atoms with Gasteiger partial charge in [-0.05, 0) is 29.3 Å². The summed E-state index contributed by atoms with van der Waals surface area (Å²) in [6.45, 7) is 0. The van der Waals surface area contributed by atoms with E-state index in [4.69, 9.17) is 11.5 Å². The van der Waals surface area contributed by atoms with Crippen LogP contribution >= 0.6 is 0 Å². The summed E-state index contributed by atoms with van der Waals surface area (Å²) in [5.41, 5.74) is 10.9. The van der Waals surface area contributed by atoms with E-state index < -0.39 is 23.7 Å². The lowest BCUT2D eigenvalue weighted by molar-refractivity contribution is -0.137. The van der Waals surface area contributed by atoms with Gasteiger partial charge in [0.2, 0.25) is 0 Å². The molecule has 0 unspecified atom stereocenters. The highest BCUT2D eigenvalue weighted by Gasteiger charge is 2.30. The number of aromatic nitrogens is 1. The highest BCUT2D eigenvalue weighted by atomic mass is 19.4. The molecule has 6 N–H and O–H groups in total. The number of benzene rings is 2. The van der Waals surface area contributed by atoms with E-state index in [9.17, 15) is 22.8 Å². The molecule has 134 valence electrons. The number of anilines is 1. The quantitative estimate of drug-likeness (QED) is 0.572. The van der Waals surface area contributed by atoms with E-state index in [-0.39, 0.29) is 11.4 Å². The summed E-state index contributed by atoms with van der Waals surface area (Å²) in [6.07, 6.45) is -4.45. The van der Waals surface area contributed by atoms with Gasteiger partial charge in [0.25, 0.3) is 5.91 Å². The molecule has 6 nitrogen and oxygen atoms in total. The minimum absolute atomic E-state index is 0.0289. The van der Waals surface area contributed by atoms with Crippen molar-refractivity contribution in [1.29, 1.82) is 0 Å². The number of nitrogens with one attached hydrogen (secondary N) is 2. The molecule has 0 fully saturated rings. The molecule has 0 aliphatic carbocycles.